The Balaban J connectivity index is 1.17. The summed E-state index contributed by atoms with van der Waals surface area (Å²) in [5.41, 5.74) is 3.96. The Morgan fingerprint density at radius 2 is 1.33 bits per heavy atom. The zero-order valence-corrected chi connectivity index (χ0v) is 24.1. The molecule has 4 aromatic rings. The molecule has 0 aromatic carbocycles. The third-order valence-electron chi connectivity index (χ3n) is 7.30. The number of aliphatic hydroxyl groups is 2. The number of nitrogens with two attached hydrogens (primary N) is 1. The molecule has 242 valence electrons. The number of H-pyrrole nitrogens is 2. The van der Waals surface area contributed by atoms with E-state index in [0.717, 1.165) is 28.1 Å². The van der Waals surface area contributed by atoms with Gasteiger partial charge in [-0.2, -0.15) is 4.98 Å². The van der Waals surface area contributed by atoms with Crippen molar-refractivity contribution in [1.82, 2.24) is 39.0 Å². The van der Waals surface area contributed by atoms with E-state index < -0.39 is 89.1 Å². The highest BCUT2D eigenvalue weighted by molar-refractivity contribution is 7.47. The van der Waals surface area contributed by atoms with E-state index in [1.807, 2.05) is 0 Å². The normalized spacial score (nSPS) is 37.7. The van der Waals surface area contributed by atoms with Crippen molar-refractivity contribution in [1.29, 1.82) is 0 Å². The van der Waals surface area contributed by atoms with Gasteiger partial charge in [0.05, 0.1) is 32.2 Å². The van der Waals surface area contributed by atoms with Gasteiger partial charge in [0.15, 0.2) is 34.8 Å². The molecule has 3 aliphatic rings. The predicted octanol–water partition coefficient (Wildman–Crippen LogP) is -2.63. The highest BCUT2D eigenvalue weighted by Gasteiger charge is 2.54. The van der Waals surface area contributed by atoms with E-state index in [4.69, 9.17) is 33.3 Å². The molecule has 7 heterocycles. The zero-order chi connectivity index (χ0) is 31.8. The fourth-order valence-electron chi connectivity index (χ4n) is 5.31. The fourth-order valence-corrected chi connectivity index (χ4v) is 7.24. The van der Waals surface area contributed by atoms with Crippen molar-refractivity contribution in [3.63, 3.8) is 0 Å². The van der Waals surface area contributed by atoms with Crippen LogP contribution in [-0.2, 0) is 36.7 Å². The maximum absolute atomic E-state index is 13.1. The molecule has 2 unspecified atom stereocenters. The van der Waals surface area contributed by atoms with Crippen LogP contribution in [0.3, 0.4) is 0 Å². The average Bonchev–Trinajstić information content (AvgIpc) is 3.72. The van der Waals surface area contributed by atoms with Crippen LogP contribution in [0.25, 0.3) is 22.3 Å². The molecule has 0 spiro atoms. The lowest BCUT2D eigenvalue weighted by atomic mass is 10.1. The molecule has 0 aliphatic carbocycles. The third-order valence-corrected chi connectivity index (χ3v) is 9.27. The molecule has 0 saturated carbocycles. The molecule has 45 heavy (non-hydrogen) atoms. The van der Waals surface area contributed by atoms with Crippen molar-refractivity contribution >= 4 is 43.9 Å². The first-order valence-electron chi connectivity index (χ1n) is 12.9. The lowest BCUT2D eigenvalue weighted by Gasteiger charge is -2.27. The minimum atomic E-state index is -5.08. The summed E-state index contributed by atoms with van der Waals surface area (Å²) < 4.78 is 60.6. The number of nitrogens with one attached hydrogen (secondary N) is 2. The maximum Gasteiger partial charge on any atom is 0.472 e. The molecule has 7 rings (SSSR count). The molecule has 0 bridgehead atoms. The van der Waals surface area contributed by atoms with E-state index in [2.05, 4.69) is 29.9 Å². The van der Waals surface area contributed by atoms with Gasteiger partial charge in [0.25, 0.3) is 11.1 Å². The van der Waals surface area contributed by atoms with Gasteiger partial charge >= 0.3 is 15.6 Å². The van der Waals surface area contributed by atoms with Crippen LogP contribution >= 0.6 is 15.6 Å². The summed E-state index contributed by atoms with van der Waals surface area (Å²) in [5.74, 6) is -0.275. The highest BCUT2D eigenvalue weighted by Crippen LogP contribution is 2.53. The molecule has 8 N–H and O–H groups in total. The van der Waals surface area contributed by atoms with Gasteiger partial charge < -0.3 is 40.2 Å². The number of hydrogen-bond donors (Lipinski definition) is 7. The van der Waals surface area contributed by atoms with Crippen LogP contribution < -0.4 is 16.9 Å². The summed E-state index contributed by atoms with van der Waals surface area (Å²) >= 11 is 0. The zero-order valence-electron chi connectivity index (χ0n) is 22.3. The van der Waals surface area contributed by atoms with E-state index in [0.29, 0.717) is 0 Å². The van der Waals surface area contributed by atoms with E-state index in [1.54, 1.807) is 0 Å². The van der Waals surface area contributed by atoms with Gasteiger partial charge in [0.1, 0.15) is 36.6 Å². The van der Waals surface area contributed by atoms with E-state index in [9.17, 15) is 38.7 Å². The number of rotatable bonds is 2. The van der Waals surface area contributed by atoms with Gasteiger partial charge in [-0.15, -0.1) is 0 Å². The van der Waals surface area contributed by atoms with Gasteiger partial charge in [-0.25, -0.2) is 24.1 Å². The summed E-state index contributed by atoms with van der Waals surface area (Å²) in [4.78, 5) is 65.9. The molecule has 3 saturated heterocycles. The van der Waals surface area contributed by atoms with Crippen LogP contribution in [0.2, 0.25) is 0 Å². The van der Waals surface area contributed by atoms with Crippen LogP contribution in [0.4, 0.5) is 5.95 Å². The molecule has 0 amide bonds. The number of nitrogen functional groups attached to an aromatic ring is 1. The highest BCUT2D eigenvalue weighted by atomic mass is 31.2. The summed E-state index contributed by atoms with van der Waals surface area (Å²) in [6, 6.07) is 0. The minimum Gasteiger partial charge on any atom is -0.386 e. The largest absolute Gasteiger partial charge is 0.472 e. The first-order chi connectivity index (χ1) is 21.3. The van der Waals surface area contributed by atoms with Gasteiger partial charge in [0.2, 0.25) is 5.95 Å². The van der Waals surface area contributed by atoms with E-state index >= 15 is 0 Å². The lowest BCUT2D eigenvalue weighted by Crippen LogP contribution is -2.39. The fraction of sp³-hybridized carbons (Fsp3) is 0.500. The smallest absolute Gasteiger partial charge is 0.386 e. The number of aromatic amines is 2. The number of nitrogens with zero attached hydrogens (tertiary/aromatic N) is 6. The monoisotopic (exact) mass is 675 g/mol. The van der Waals surface area contributed by atoms with Gasteiger partial charge in [0, 0.05) is 0 Å². The first-order valence-corrected chi connectivity index (χ1v) is 15.9. The van der Waals surface area contributed by atoms with Crippen LogP contribution in [0, 0.1) is 0 Å². The minimum absolute atomic E-state index is 0.0118. The number of ether oxygens (including phenoxy) is 2. The molecule has 0 radical (unpaired) electrons. The molecule has 10 atom stereocenters. The Morgan fingerprint density at radius 3 is 1.89 bits per heavy atom. The Bertz CT molecular complexity index is 2000. The Kier molecular flexibility index (Phi) is 7.27. The molecule has 3 aliphatic heterocycles. The Morgan fingerprint density at radius 1 is 0.822 bits per heavy atom. The second-order valence-electron chi connectivity index (χ2n) is 10.1. The van der Waals surface area contributed by atoms with Crippen LogP contribution in [0.1, 0.15) is 12.5 Å². The lowest BCUT2D eigenvalue weighted by molar-refractivity contribution is -0.0664. The van der Waals surface area contributed by atoms with Crippen LogP contribution in [0.15, 0.2) is 28.6 Å². The molecule has 25 heteroatoms. The second kappa shape index (κ2) is 10.8. The molecule has 3 fully saturated rings. The summed E-state index contributed by atoms with van der Waals surface area (Å²) in [7, 11) is -10.1. The summed E-state index contributed by atoms with van der Waals surface area (Å²) in [5, 5.41) is 22.2. The molecule has 4 aromatic heterocycles. The topological polar surface area (TPSA) is 324 Å². The number of aromatic nitrogens is 8. The Hall–Kier alpha value is -3.44. The number of phosphoric acid groups is 2. The molecular formula is C20H23N9O14P2. The number of aliphatic hydroxyl groups excluding tert-OH is 2. The maximum atomic E-state index is 13.1. The van der Waals surface area contributed by atoms with Gasteiger partial charge in [-0.1, -0.05) is 0 Å². The van der Waals surface area contributed by atoms with Crippen molar-refractivity contribution in [2.75, 3.05) is 18.9 Å². The number of hydrogen-bond acceptors (Lipinski definition) is 17. The van der Waals surface area contributed by atoms with Crippen molar-refractivity contribution in [2.45, 2.75) is 49.1 Å². The molecular weight excluding hydrogens is 652 g/mol. The predicted molar refractivity (Wildman–Crippen MR) is 142 cm³/mol. The third kappa shape index (κ3) is 5.31. The van der Waals surface area contributed by atoms with Crippen molar-refractivity contribution in [3.05, 3.63) is 39.7 Å². The summed E-state index contributed by atoms with van der Waals surface area (Å²) in [6.07, 6.45) is -9.53. The average molecular weight is 675 g/mol. The number of imidazole rings is 2. The van der Waals surface area contributed by atoms with Crippen LogP contribution in [-0.4, -0.2) is 109 Å². The number of fused-ring (bicyclic) bond motifs is 4. The summed E-state index contributed by atoms with van der Waals surface area (Å²) in [6.45, 7) is -1.70. The standard InChI is InChI=1S/C20H23N9O14P2/c21-20-26-15-9(17(33)27-20)25-5-29(15)19-11(31)13-7(41-19)2-39-44(34,35)42-12-6(1-38-45(36,37)43-13)40-18(10(12)30)28-4-24-8-14(28)22-3-23-16(8)32/h3-7,10-13,18-19,30-31H,1-2H2,(H,34,35)(H,36,37)(H,22,23,32)(H3,21,26,27,33)/t6-,7-,10-,11-,12-,13-,18-,19-/m1/s1. The van der Waals surface area contributed by atoms with Crippen LogP contribution in [0.5, 0.6) is 0 Å². The number of anilines is 1. The van der Waals surface area contributed by atoms with E-state index in [1.165, 1.54) is 0 Å². The number of phosphoric ester groups is 2. The van der Waals surface area contributed by atoms with Crippen molar-refractivity contribution in [2.24, 2.45) is 0 Å². The quantitative estimate of drug-likeness (QED) is 0.107. The van der Waals surface area contributed by atoms with Gasteiger partial charge in [-0.05, 0) is 0 Å². The SMILES string of the molecule is Nc1nc2c(ncn2[C@@H]2O[C@@H]3COP(=O)(O)O[C@H]4[C@@H](O)[C@H](n5cnc6c(=O)[nH]cnc65)O[C@@H]4COP(=O)(O)O[C@H]3[C@H]2O)c(=O)[nH]1. The molecule has 23 nitrogen and oxygen atoms in total. The van der Waals surface area contributed by atoms with Crippen molar-refractivity contribution in [3.8, 4) is 0 Å². The Labute approximate surface area is 247 Å². The van der Waals surface area contributed by atoms with Gasteiger partial charge in [-0.3, -0.25) is 41.8 Å². The second-order valence-corrected chi connectivity index (χ2v) is 12.9. The van der Waals surface area contributed by atoms with E-state index in [-0.39, 0.29) is 28.3 Å². The van der Waals surface area contributed by atoms with Crippen molar-refractivity contribution < 1.29 is 56.7 Å². The first kappa shape index (κ1) is 30.2.